The fraction of sp³-hybridized carbons (Fsp3) is 0.467. The fourth-order valence-corrected chi connectivity index (χ4v) is 1.97. The van der Waals surface area contributed by atoms with E-state index in [9.17, 15) is 0 Å². The number of aromatic nitrogens is 2. The van der Waals surface area contributed by atoms with Crippen LogP contribution in [0.1, 0.15) is 31.2 Å². The minimum Gasteiger partial charge on any atom is -0.406 e. The van der Waals surface area contributed by atoms with Crippen LogP contribution in [0.25, 0.3) is 0 Å². The lowest BCUT2D eigenvalue weighted by molar-refractivity contribution is 0.198. The lowest BCUT2D eigenvalue weighted by atomic mass is 10.0. The minimum atomic E-state index is 0.409. The van der Waals surface area contributed by atoms with Crippen LogP contribution in [0.3, 0.4) is 0 Å². The Morgan fingerprint density at radius 3 is 2.81 bits per heavy atom. The Balaban J connectivity index is 1.96. The molecule has 1 aromatic heterocycles. The largest absolute Gasteiger partial charge is 0.406 e. The van der Waals surface area contributed by atoms with E-state index in [1.54, 1.807) is 7.11 Å². The minimum absolute atomic E-state index is 0.409. The standard InChI is InChI=1S/C15H22N4O2/c1-11(2)12-6-4-5-7-13(12)17-15-19-18-14(21-15)10-16-8-9-20-3/h4-7,11,16H,8-10H2,1-3H3,(H,17,19). The average molecular weight is 290 g/mol. The second-order valence-electron chi connectivity index (χ2n) is 5.04. The van der Waals surface area contributed by atoms with E-state index in [2.05, 4.69) is 40.7 Å². The quantitative estimate of drug-likeness (QED) is 0.728. The Morgan fingerprint density at radius 2 is 2.05 bits per heavy atom. The lowest BCUT2D eigenvalue weighted by Gasteiger charge is -2.11. The molecule has 0 radical (unpaired) electrons. The molecule has 6 nitrogen and oxygen atoms in total. The van der Waals surface area contributed by atoms with E-state index < -0.39 is 0 Å². The van der Waals surface area contributed by atoms with Crippen LogP contribution in [0.4, 0.5) is 11.7 Å². The molecule has 0 bridgehead atoms. The third-order valence-corrected chi connectivity index (χ3v) is 3.05. The first-order chi connectivity index (χ1) is 10.2. The lowest BCUT2D eigenvalue weighted by Crippen LogP contribution is -2.18. The van der Waals surface area contributed by atoms with E-state index in [1.807, 2.05) is 18.2 Å². The maximum atomic E-state index is 5.57. The highest BCUT2D eigenvalue weighted by atomic mass is 16.5. The van der Waals surface area contributed by atoms with Crippen LogP contribution in [0, 0.1) is 0 Å². The molecule has 0 fully saturated rings. The molecule has 21 heavy (non-hydrogen) atoms. The van der Waals surface area contributed by atoms with Gasteiger partial charge in [-0.3, -0.25) is 0 Å². The molecule has 0 saturated heterocycles. The van der Waals surface area contributed by atoms with Gasteiger partial charge in [-0.15, -0.1) is 5.10 Å². The van der Waals surface area contributed by atoms with Crippen molar-refractivity contribution in [2.45, 2.75) is 26.3 Å². The molecule has 114 valence electrons. The maximum Gasteiger partial charge on any atom is 0.320 e. The van der Waals surface area contributed by atoms with E-state index in [1.165, 1.54) is 5.56 Å². The molecule has 2 aromatic rings. The molecule has 0 unspecified atom stereocenters. The number of hydrogen-bond acceptors (Lipinski definition) is 6. The number of anilines is 2. The fourth-order valence-electron chi connectivity index (χ4n) is 1.97. The van der Waals surface area contributed by atoms with Crippen molar-refractivity contribution in [2.24, 2.45) is 0 Å². The van der Waals surface area contributed by atoms with Gasteiger partial charge in [0, 0.05) is 19.3 Å². The van der Waals surface area contributed by atoms with Gasteiger partial charge >= 0.3 is 6.01 Å². The Kier molecular flexibility index (Phi) is 5.71. The SMILES string of the molecule is COCCNCc1nnc(Nc2ccccc2C(C)C)o1. The van der Waals surface area contributed by atoms with Gasteiger partial charge in [0.25, 0.3) is 0 Å². The number of rotatable bonds is 8. The second kappa shape index (κ2) is 7.75. The van der Waals surface area contributed by atoms with Crippen molar-refractivity contribution < 1.29 is 9.15 Å². The van der Waals surface area contributed by atoms with Crippen LogP contribution in [-0.2, 0) is 11.3 Å². The average Bonchev–Trinajstić information content (AvgIpc) is 2.91. The zero-order chi connectivity index (χ0) is 15.1. The van der Waals surface area contributed by atoms with Crippen molar-refractivity contribution in [1.29, 1.82) is 0 Å². The molecule has 0 aliphatic rings. The van der Waals surface area contributed by atoms with E-state index in [4.69, 9.17) is 9.15 Å². The predicted molar refractivity (Wildman–Crippen MR) is 81.7 cm³/mol. The number of nitrogens with zero attached hydrogens (tertiary/aromatic N) is 2. The number of ether oxygens (including phenoxy) is 1. The topological polar surface area (TPSA) is 72.2 Å². The van der Waals surface area contributed by atoms with E-state index in [0.29, 0.717) is 31.0 Å². The molecule has 0 saturated carbocycles. The molecular formula is C15H22N4O2. The van der Waals surface area contributed by atoms with Gasteiger partial charge in [0.05, 0.1) is 13.2 Å². The number of hydrogen-bond donors (Lipinski definition) is 2. The van der Waals surface area contributed by atoms with Crippen molar-refractivity contribution >= 4 is 11.7 Å². The number of methoxy groups -OCH3 is 1. The van der Waals surface area contributed by atoms with Gasteiger partial charge in [-0.05, 0) is 17.5 Å². The molecule has 0 aliphatic heterocycles. The van der Waals surface area contributed by atoms with Gasteiger partial charge in [0.1, 0.15) is 0 Å². The molecule has 6 heteroatoms. The Hall–Kier alpha value is -1.92. The van der Waals surface area contributed by atoms with Crippen molar-refractivity contribution in [2.75, 3.05) is 25.6 Å². The third-order valence-electron chi connectivity index (χ3n) is 3.05. The highest BCUT2D eigenvalue weighted by molar-refractivity contribution is 5.58. The van der Waals surface area contributed by atoms with Crippen molar-refractivity contribution in [3.63, 3.8) is 0 Å². The van der Waals surface area contributed by atoms with E-state index >= 15 is 0 Å². The van der Waals surface area contributed by atoms with Gasteiger partial charge in [-0.1, -0.05) is 37.1 Å². The van der Waals surface area contributed by atoms with E-state index in [-0.39, 0.29) is 0 Å². The van der Waals surface area contributed by atoms with Crippen LogP contribution in [0.5, 0.6) is 0 Å². The Labute approximate surface area is 124 Å². The zero-order valence-corrected chi connectivity index (χ0v) is 12.7. The predicted octanol–water partition coefficient (Wildman–Crippen LogP) is 2.67. The molecule has 1 heterocycles. The summed E-state index contributed by atoms with van der Waals surface area (Å²) in [5, 5.41) is 14.4. The summed E-state index contributed by atoms with van der Waals surface area (Å²) in [7, 11) is 1.67. The van der Waals surface area contributed by atoms with Crippen LogP contribution >= 0.6 is 0 Å². The monoisotopic (exact) mass is 290 g/mol. The first kappa shape index (κ1) is 15.5. The van der Waals surface area contributed by atoms with Gasteiger partial charge in [-0.25, -0.2) is 0 Å². The van der Waals surface area contributed by atoms with Gasteiger partial charge in [-0.2, -0.15) is 0 Å². The summed E-state index contributed by atoms with van der Waals surface area (Å²) < 4.78 is 10.5. The summed E-state index contributed by atoms with van der Waals surface area (Å²) in [5.74, 6) is 0.974. The normalized spacial score (nSPS) is 11.0. The third kappa shape index (κ3) is 4.54. The molecule has 0 atom stereocenters. The summed E-state index contributed by atoms with van der Waals surface area (Å²) in [6.45, 7) is 6.24. The molecule has 0 spiro atoms. The Morgan fingerprint density at radius 1 is 1.24 bits per heavy atom. The molecule has 0 amide bonds. The van der Waals surface area contributed by atoms with Crippen molar-refractivity contribution in [3.8, 4) is 0 Å². The van der Waals surface area contributed by atoms with Crippen LogP contribution in [0.15, 0.2) is 28.7 Å². The molecule has 2 rings (SSSR count). The van der Waals surface area contributed by atoms with Gasteiger partial charge < -0.3 is 19.8 Å². The first-order valence-electron chi connectivity index (χ1n) is 7.08. The highest BCUT2D eigenvalue weighted by Gasteiger charge is 2.10. The summed E-state index contributed by atoms with van der Waals surface area (Å²) in [6.07, 6.45) is 0. The maximum absolute atomic E-state index is 5.57. The van der Waals surface area contributed by atoms with E-state index in [0.717, 1.165) is 12.2 Å². The number of nitrogens with one attached hydrogen (secondary N) is 2. The van der Waals surface area contributed by atoms with Crippen LogP contribution < -0.4 is 10.6 Å². The zero-order valence-electron chi connectivity index (χ0n) is 12.7. The smallest absolute Gasteiger partial charge is 0.320 e. The van der Waals surface area contributed by atoms with Crippen molar-refractivity contribution in [3.05, 3.63) is 35.7 Å². The van der Waals surface area contributed by atoms with Crippen LogP contribution in [0.2, 0.25) is 0 Å². The number of benzene rings is 1. The second-order valence-corrected chi connectivity index (χ2v) is 5.04. The highest BCUT2D eigenvalue weighted by Crippen LogP contribution is 2.26. The summed E-state index contributed by atoms with van der Waals surface area (Å²) in [5.41, 5.74) is 2.21. The first-order valence-corrected chi connectivity index (χ1v) is 7.08. The molecule has 0 aliphatic carbocycles. The van der Waals surface area contributed by atoms with Crippen molar-refractivity contribution in [1.82, 2.24) is 15.5 Å². The summed E-state index contributed by atoms with van der Waals surface area (Å²) in [6, 6.07) is 8.52. The summed E-state index contributed by atoms with van der Waals surface area (Å²) in [4.78, 5) is 0. The molecule has 2 N–H and O–H groups in total. The molecular weight excluding hydrogens is 268 g/mol. The van der Waals surface area contributed by atoms with Crippen LogP contribution in [-0.4, -0.2) is 30.5 Å². The summed E-state index contributed by atoms with van der Waals surface area (Å²) >= 11 is 0. The Bertz CT molecular complexity index is 554. The molecule has 1 aromatic carbocycles. The number of para-hydroxylation sites is 1. The van der Waals surface area contributed by atoms with Gasteiger partial charge in [0.15, 0.2) is 0 Å². The van der Waals surface area contributed by atoms with Gasteiger partial charge in [0.2, 0.25) is 5.89 Å².